The molecule has 0 atom stereocenters. The first-order valence-electron chi connectivity index (χ1n) is 8.72. The van der Waals surface area contributed by atoms with Crippen LogP contribution < -0.4 is 20.1 Å². The maximum absolute atomic E-state index is 12.6. The average molecular weight is 401 g/mol. The topological polar surface area (TPSA) is 72.7 Å². The highest BCUT2D eigenvalue weighted by atomic mass is 35.5. The smallest absolute Gasteiger partial charge is 0.291 e. The molecule has 0 unspecified atom stereocenters. The molecule has 0 bridgehead atoms. The van der Waals surface area contributed by atoms with E-state index in [0.717, 1.165) is 5.56 Å². The second-order valence-corrected chi connectivity index (χ2v) is 6.41. The van der Waals surface area contributed by atoms with Crippen LogP contribution in [0.25, 0.3) is 11.3 Å². The first kappa shape index (κ1) is 19.8. The molecule has 0 spiro atoms. The molecule has 146 valence electrons. The predicted molar refractivity (Wildman–Crippen MR) is 110 cm³/mol. The molecule has 0 saturated carbocycles. The molecule has 0 aliphatic rings. The predicted octanol–water partition coefficient (Wildman–Crippen LogP) is 4.46. The number of carbonyl (C=O) groups is 1. The Kier molecular flexibility index (Phi) is 6.57. The standard InChI is InChI=1S/C21H21ClN2O4/c1-23-9-10-27-18-12-16(11-17(13-18)26-2)24-21(25)20-8-7-19(28-20)14-3-5-15(22)6-4-14/h3-8,11-13,23H,9-10H2,1-2H3,(H,24,25). The van der Waals surface area contributed by atoms with Crippen LogP contribution in [-0.2, 0) is 0 Å². The van der Waals surface area contributed by atoms with E-state index in [4.69, 9.17) is 25.5 Å². The van der Waals surface area contributed by atoms with E-state index in [9.17, 15) is 4.79 Å². The number of anilines is 1. The highest BCUT2D eigenvalue weighted by Gasteiger charge is 2.14. The van der Waals surface area contributed by atoms with Gasteiger partial charge in [-0.3, -0.25) is 4.79 Å². The van der Waals surface area contributed by atoms with Crippen LogP contribution in [0, 0.1) is 0 Å². The normalized spacial score (nSPS) is 10.5. The average Bonchev–Trinajstić information content (AvgIpc) is 3.19. The molecule has 1 aromatic heterocycles. The van der Waals surface area contributed by atoms with Gasteiger partial charge in [0.05, 0.1) is 7.11 Å². The Labute approximate surface area is 168 Å². The Bertz CT molecular complexity index is 938. The number of furan rings is 1. The summed E-state index contributed by atoms with van der Waals surface area (Å²) in [5.41, 5.74) is 1.39. The summed E-state index contributed by atoms with van der Waals surface area (Å²) in [4.78, 5) is 12.6. The van der Waals surface area contributed by atoms with Gasteiger partial charge in [0, 0.05) is 41.0 Å². The van der Waals surface area contributed by atoms with E-state index in [2.05, 4.69) is 10.6 Å². The monoisotopic (exact) mass is 400 g/mol. The summed E-state index contributed by atoms with van der Waals surface area (Å²) < 4.78 is 16.6. The van der Waals surface area contributed by atoms with Crippen LogP contribution in [0.1, 0.15) is 10.6 Å². The number of likely N-dealkylation sites (N-methyl/N-ethyl adjacent to an activating group) is 1. The van der Waals surface area contributed by atoms with E-state index in [0.29, 0.717) is 41.1 Å². The molecule has 7 heteroatoms. The first-order chi connectivity index (χ1) is 13.6. The number of ether oxygens (including phenoxy) is 2. The third kappa shape index (κ3) is 5.06. The third-order valence-corrected chi connectivity index (χ3v) is 4.20. The van der Waals surface area contributed by atoms with Crippen molar-refractivity contribution >= 4 is 23.2 Å². The van der Waals surface area contributed by atoms with Crippen LogP contribution in [0.4, 0.5) is 5.69 Å². The van der Waals surface area contributed by atoms with Gasteiger partial charge >= 0.3 is 0 Å². The van der Waals surface area contributed by atoms with Crippen molar-refractivity contribution in [3.05, 3.63) is 65.4 Å². The fourth-order valence-corrected chi connectivity index (χ4v) is 2.66. The second-order valence-electron chi connectivity index (χ2n) is 5.97. The number of carbonyl (C=O) groups excluding carboxylic acids is 1. The van der Waals surface area contributed by atoms with Crippen molar-refractivity contribution in [1.82, 2.24) is 5.32 Å². The van der Waals surface area contributed by atoms with Crippen molar-refractivity contribution in [2.24, 2.45) is 0 Å². The van der Waals surface area contributed by atoms with Gasteiger partial charge in [-0.2, -0.15) is 0 Å². The number of benzene rings is 2. The number of hydrogen-bond donors (Lipinski definition) is 2. The van der Waals surface area contributed by atoms with Crippen molar-refractivity contribution in [3.63, 3.8) is 0 Å². The number of methoxy groups -OCH3 is 1. The molecule has 3 aromatic rings. The van der Waals surface area contributed by atoms with Crippen LogP contribution in [0.15, 0.2) is 59.0 Å². The Morgan fingerprint density at radius 2 is 1.82 bits per heavy atom. The Morgan fingerprint density at radius 3 is 2.54 bits per heavy atom. The highest BCUT2D eigenvalue weighted by Crippen LogP contribution is 2.28. The summed E-state index contributed by atoms with van der Waals surface area (Å²) in [6.07, 6.45) is 0. The van der Waals surface area contributed by atoms with Crippen LogP contribution in [0.5, 0.6) is 11.5 Å². The summed E-state index contributed by atoms with van der Waals surface area (Å²) in [6.45, 7) is 1.21. The van der Waals surface area contributed by atoms with Gasteiger partial charge in [-0.15, -0.1) is 0 Å². The molecular formula is C21H21ClN2O4. The lowest BCUT2D eigenvalue weighted by Crippen LogP contribution is -2.16. The summed E-state index contributed by atoms with van der Waals surface area (Å²) in [7, 11) is 3.41. The molecule has 6 nitrogen and oxygen atoms in total. The minimum Gasteiger partial charge on any atom is -0.497 e. The molecule has 0 radical (unpaired) electrons. The molecule has 0 aliphatic carbocycles. The lowest BCUT2D eigenvalue weighted by atomic mass is 10.2. The Balaban J connectivity index is 1.73. The summed E-state index contributed by atoms with van der Waals surface area (Å²) in [5, 5.41) is 6.45. The van der Waals surface area contributed by atoms with Crippen molar-refractivity contribution in [2.75, 3.05) is 32.6 Å². The first-order valence-corrected chi connectivity index (χ1v) is 9.10. The third-order valence-electron chi connectivity index (χ3n) is 3.95. The summed E-state index contributed by atoms with van der Waals surface area (Å²) in [5.74, 6) is 1.60. The zero-order valence-electron chi connectivity index (χ0n) is 15.6. The zero-order chi connectivity index (χ0) is 19.9. The molecule has 0 aliphatic heterocycles. The molecule has 1 amide bonds. The fourth-order valence-electron chi connectivity index (χ4n) is 2.54. The van der Waals surface area contributed by atoms with Crippen molar-refractivity contribution in [1.29, 1.82) is 0 Å². The summed E-state index contributed by atoms with van der Waals surface area (Å²) >= 11 is 5.90. The van der Waals surface area contributed by atoms with Gasteiger partial charge in [0.25, 0.3) is 5.91 Å². The van der Waals surface area contributed by atoms with Crippen LogP contribution in [-0.4, -0.2) is 33.2 Å². The van der Waals surface area contributed by atoms with Gasteiger partial charge in [-0.1, -0.05) is 11.6 Å². The van der Waals surface area contributed by atoms with Gasteiger partial charge in [0.1, 0.15) is 23.9 Å². The number of nitrogens with one attached hydrogen (secondary N) is 2. The van der Waals surface area contributed by atoms with Crippen LogP contribution in [0.2, 0.25) is 5.02 Å². The van der Waals surface area contributed by atoms with E-state index in [1.165, 1.54) is 0 Å². The molecular weight excluding hydrogens is 380 g/mol. The molecule has 3 rings (SSSR count). The lowest BCUT2D eigenvalue weighted by molar-refractivity contribution is 0.0997. The van der Waals surface area contributed by atoms with Gasteiger partial charge in [0.15, 0.2) is 5.76 Å². The van der Waals surface area contributed by atoms with E-state index < -0.39 is 0 Å². The Hall–Kier alpha value is -2.96. The van der Waals surface area contributed by atoms with E-state index in [1.54, 1.807) is 49.6 Å². The number of halogens is 1. The maximum Gasteiger partial charge on any atom is 0.291 e. The molecule has 0 saturated heterocycles. The number of hydrogen-bond acceptors (Lipinski definition) is 5. The van der Waals surface area contributed by atoms with Crippen molar-refractivity contribution < 1.29 is 18.7 Å². The van der Waals surface area contributed by atoms with E-state index in [1.807, 2.05) is 19.2 Å². The molecule has 28 heavy (non-hydrogen) atoms. The number of rotatable bonds is 8. The van der Waals surface area contributed by atoms with Crippen molar-refractivity contribution in [2.45, 2.75) is 0 Å². The largest absolute Gasteiger partial charge is 0.497 e. The van der Waals surface area contributed by atoms with E-state index >= 15 is 0 Å². The minimum absolute atomic E-state index is 0.199. The Morgan fingerprint density at radius 1 is 1.07 bits per heavy atom. The molecule has 0 fully saturated rings. The van der Waals surface area contributed by atoms with Crippen molar-refractivity contribution in [3.8, 4) is 22.8 Å². The SMILES string of the molecule is CNCCOc1cc(NC(=O)c2ccc(-c3ccc(Cl)cc3)o2)cc(OC)c1. The molecule has 2 N–H and O–H groups in total. The van der Waals surface area contributed by atoms with Crippen LogP contribution >= 0.6 is 11.6 Å². The van der Waals surface area contributed by atoms with Gasteiger partial charge in [-0.25, -0.2) is 0 Å². The van der Waals surface area contributed by atoms with Gasteiger partial charge in [-0.05, 0) is 43.4 Å². The van der Waals surface area contributed by atoms with Gasteiger partial charge in [0.2, 0.25) is 0 Å². The fraction of sp³-hybridized carbons (Fsp3) is 0.190. The summed E-state index contributed by atoms with van der Waals surface area (Å²) in [6, 6.07) is 15.8. The van der Waals surface area contributed by atoms with Gasteiger partial charge < -0.3 is 24.5 Å². The molecule has 2 aromatic carbocycles. The number of amides is 1. The van der Waals surface area contributed by atoms with Crippen LogP contribution in [0.3, 0.4) is 0 Å². The quantitative estimate of drug-likeness (QED) is 0.546. The highest BCUT2D eigenvalue weighted by molar-refractivity contribution is 6.30. The maximum atomic E-state index is 12.6. The minimum atomic E-state index is -0.366. The second kappa shape index (κ2) is 9.30. The molecule has 1 heterocycles. The zero-order valence-corrected chi connectivity index (χ0v) is 16.4. The lowest BCUT2D eigenvalue weighted by Gasteiger charge is -2.11. The van der Waals surface area contributed by atoms with E-state index in [-0.39, 0.29) is 11.7 Å².